The monoisotopic (exact) mass is 440 g/mol. The highest BCUT2D eigenvalue weighted by Gasteiger charge is 2.20. The van der Waals surface area contributed by atoms with Crippen molar-refractivity contribution >= 4 is 23.5 Å². The van der Waals surface area contributed by atoms with Crippen LogP contribution in [-0.4, -0.2) is 35.5 Å². The minimum absolute atomic E-state index is 0.0118. The molecule has 0 radical (unpaired) electrons. The molecule has 0 spiro atoms. The second kappa shape index (κ2) is 11.5. The Morgan fingerprint density at radius 3 is 2.52 bits per heavy atom. The topological polar surface area (TPSA) is 58.1 Å². The van der Waals surface area contributed by atoms with Gasteiger partial charge in [0.2, 0.25) is 0 Å². The minimum Gasteiger partial charge on any atom is -0.357 e. The van der Waals surface area contributed by atoms with E-state index < -0.39 is 0 Å². The summed E-state index contributed by atoms with van der Waals surface area (Å²) in [4.78, 5) is 24.2. The summed E-state index contributed by atoms with van der Waals surface area (Å²) >= 11 is 1.66. The molecule has 1 fully saturated rings. The highest BCUT2D eigenvalue weighted by Crippen LogP contribution is 2.28. The van der Waals surface area contributed by atoms with E-state index in [1.54, 1.807) is 11.8 Å². The summed E-state index contributed by atoms with van der Waals surface area (Å²) in [6.45, 7) is 7.02. The van der Waals surface area contributed by atoms with Crippen molar-refractivity contribution in [1.29, 1.82) is 0 Å². The Labute approximate surface area is 191 Å². The molecule has 1 amide bonds. The molecule has 5 nitrogen and oxygen atoms in total. The highest BCUT2D eigenvalue weighted by molar-refractivity contribution is 7.98. The van der Waals surface area contributed by atoms with Gasteiger partial charge in [0, 0.05) is 42.7 Å². The predicted molar refractivity (Wildman–Crippen MR) is 130 cm³/mol. The average molecular weight is 441 g/mol. The highest BCUT2D eigenvalue weighted by atomic mass is 32.2. The van der Waals surface area contributed by atoms with E-state index in [1.165, 1.54) is 32.1 Å². The maximum Gasteiger partial charge on any atom is 0.251 e. The lowest BCUT2D eigenvalue weighted by atomic mass is 9.94. The molecule has 1 N–H and O–H groups in total. The molecule has 3 rings (SSSR count). The van der Waals surface area contributed by atoms with Crippen LogP contribution in [0.5, 0.6) is 0 Å². The van der Waals surface area contributed by atoms with Crippen LogP contribution < -0.4 is 10.2 Å². The molecule has 1 aliphatic rings. The number of hydrogen-bond acceptors (Lipinski definition) is 5. The molecule has 0 aliphatic heterocycles. The van der Waals surface area contributed by atoms with E-state index in [4.69, 9.17) is 9.97 Å². The Morgan fingerprint density at radius 1 is 1.16 bits per heavy atom. The van der Waals surface area contributed by atoms with Gasteiger partial charge in [0.15, 0.2) is 5.16 Å². The van der Waals surface area contributed by atoms with Gasteiger partial charge in [0.05, 0.1) is 0 Å². The summed E-state index contributed by atoms with van der Waals surface area (Å²) in [6, 6.07) is 10.6. The number of nitrogens with zero attached hydrogens (tertiary/aromatic N) is 3. The van der Waals surface area contributed by atoms with E-state index in [1.807, 2.05) is 24.3 Å². The largest absolute Gasteiger partial charge is 0.357 e. The van der Waals surface area contributed by atoms with E-state index in [0.29, 0.717) is 24.1 Å². The number of hydrogen-bond donors (Lipinski definition) is 1. The Kier molecular flexibility index (Phi) is 8.76. The van der Waals surface area contributed by atoms with E-state index >= 15 is 0 Å². The van der Waals surface area contributed by atoms with Crippen LogP contribution in [-0.2, 0) is 12.2 Å². The molecule has 168 valence electrons. The first kappa shape index (κ1) is 23.6. The van der Waals surface area contributed by atoms with Crippen LogP contribution in [0.2, 0.25) is 0 Å². The fourth-order valence-electron chi connectivity index (χ4n) is 3.84. The van der Waals surface area contributed by atoms with Crippen molar-refractivity contribution in [2.24, 2.45) is 5.92 Å². The van der Waals surface area contributed by atoms with Crippen LogP contribution in [0.4, 0.5) is 5.82 Å². The number of aryl methyl sites for hydroxylation is 1. The molecule has 1 saturated carbocycles. The van der Waals surface area contributed by atoms with E-state index in [-0.39, 0.29) is 5.91 Å². The zero-order valence-electron chi connectivity index (χ0n) is 19.4. The van der Waals surface area contributed by atoms with Crippen LogP contribution >= 0.6 is 11.8 Å². The number of nitrogens with one attached hydrogen (secondary N) is 1. The Morgan fingerprint density at radius 2 is 1.87 bits per heavy atom. The molecule has 1 heterocycles. The third kappa shape index (κ3) is 6.96. The lowest BCUT2D eigenvalue weighted by Crippen LogP contribution is -2.34. The SMILES string of the molecule is CCc1cc(N(C)C2CCCCC2)nc(SCc2ccc(C(=O)NCC(C)C)cc2)n1. The zero-order valence-corrected chi connectivity index (χ0v) is 20.2. The first-order valence-electron chi connectivity index (χ1n) is 11.6. The van der Waals surface area contributed by atoms with Crippen LogP contribution in [0.3, 0.4) is 0 Å². The third-order valence-corrected chi connectivity index (χ3v) is 6.76. The van der Waals surface area contributed by atoms with Gasteiger partial charge in [-0.05, 0) is 42.9 Å². The number of carbonyl (C=O) groups excluding carboxylic acids is 1. The molecule has 2 aromatic rings. The van der Waals surface area contributed by atoms with E-state index in [9.17, 15) is 4.79 Å². The molecule has 6 heteroatoms. The quantitative estimate of drug-likeness (QED) is 0.413. The van der Waals surface area contributed by atoms with Gasteiger partial charge in [0.1, 0.15) is 5.82 Å². The van der Waals surface area contributed by atoms with Gasteiger partial charge in [-0.15, -0.1) is 0 Å². The van der Waals surface area contributed by atoms with Gasteiger partial charge in [0.25, 0.3) is 5.91 Å². The normalized spacial score (nSPS) is 14.6. The number of anilines is 1. The van der Waals surface area contributed by atoms with Crippen LogP contribution in [0.25, 0.3) is 0 Å². The average Bonchev–Trinajstić information content (AvgIpc) is 2.81. The number of aromatic nitrogens is 2. The molecule has 0 bridgehead atoms. The first-order valence-corrected chi connectivity index (χ1v) is 12.6. The summed E-state index contributed by atoms with van der Waals surface area (Å²) in [5, 5.41) is 3.79. The van der Waals surface area contributed by atoms with Crippen LogP contribution in [0, 0.1) is 5.92 Å². The van der Waals surface area contributed by atoms with Crippen LogP contribution in [0.15, 0.2) is 35.5 Å². The predicted octanol–water partition coefficient (Wildman–Crippen LogP) is 5.49. The maximum atomic E-state index is 12.2. The Balaban J connectivity index is 1.63. The molecule has 1 aromatic heterocycles. The fraction of sp³-hybridized carbons (Fsp3) is 0.560. The molecule has 0 atom stereocenters. The Bertz CT molecular complexity index is 847. The van der Waals surface area contributed by atoms with Gasteiger partial charge >= 0.3 is 0 Å². The zero-order chi connectivity index (χ0) is 22.2. The van der Waals surface area contributed by atoms with E-state index in [0.717, 1.165) is 34.4 Å². The van der Waals surface area contributed by atoms with Gasteiger partial charge in [-0.25, -0.2) is 9.97 Å². The minimum atomic E-state index is -0.0118. The van der Waals surface area contributed by atoms with Crippen LogP contribution in [0.1, 0.15) is 74.5 Å². The van der Waals surface area contributed by atoms with Gasteiger partial charge < -0.3 is 10.2 Å². The first-order chi connectivity index (χ1) is 15.0. The molecule has 1 aromatic carbocycles. The van der Waals surface area contributed by atoms with Crippen molar-refractivity contribution in [3.63, 3.8) is 0 Å². The molecular weight excluding hydrogens is 404 g/mol. The Hall–Kier alpha value is -2.08. The van der Waals surface area contributed by atoms with Gasteiger partial charge in [-0.2, -0.15) is 0 Å². The number of amides is 1. The maximum absolute atomic E-state index is 12.2. The smallest absolute Gasteiger partial charge is 0.251 e. The third-order valence-electron chi connectivity index (χ3n) is 5.85. The summed E-state index contributed by atoms with van der Waals surface area (Å²) in [5.74, 6) is 2.26. The summed E-state index contributed by atoms with van der Waals surface area (Å²) in [7, 11) is 2.18. The molecular formula is C25H36N4OS. The molecule has 31 heavy (non-hydrogen) atoms. The molecule has 0 saturated heterocycles. The second-order valence-electron chi connectivity index (χ2n) is 8.85. The number of carbonyl (C=O) groups is 1. The van der Waals surface area contributed by atoms with Gasteiger partial charge in [-0.1, -0.05) is 63.9 Å². The lowest BCUT2D eigenvalue weighted by molar-refractivity contribution is 0.0949. The second-order valence-corrected chi connectivity index (χ2v) is 9.79. The van der Waals surface area contributed by atoms with E-state index in [2.05, 4.69) is 44.1 Å². The summed E-state index contributed by atoms with van der Waals surface area (Å²) in [6.07, 6.45) is 7.39. The van der Waals surface area contributed by atoms with Crippen molar-refractivity contribution < 1.29 is 4.79 Å². The number of rotatable bonds is 9. The fourth-order valence-corrected chi connectivity index (χ4v) is 4.67. The standard InChI is InChI=1S/C25H36N4OS/c1-5-21-15-23(29(4)22-9-7-6-8-10-22)28-25(27-21)31-17-19-11-13-20(14-12-19)24(30)26-16-18(2)3/h11-15,18,22H,5-10,16-17H2,1-4H3,(H,26,30). The molecule has 1 aliphatic carbocycles. The lowest BCUT2D eigenvalue weighted by Gasteiger charge is -2.32. The van der Waals surface area contributed by atoms with Crippen molar-refractivity contribution in [3.8, 4) is 0 Å². The summed E-state index contributed by atoms with van der Waals surface area (Å²) in [5.41, 5.74) is 2.96. The van der Waals surface area contributed by atoms with Crippen molar-refractivity contribution in [3.05, 3.63) is 47.2 Å². The van der Waals surface area contributed by atoms with Crippen molar-refractivity contribution in [1.82, 2.24) is 15.3 Å². The van der Waals surface area contributed by atoms with Crippen molar-refractivity contribution in [2.45, 2.75) is 76.2 Å². The molecule has 0 unspecified atom stereocenters. The van der Waals surface area contributed by atoms with Gasteiger partial charge in [-0.3, -0.25) is 4.79 Å². The number of thioether (sulfide) groups is 1. The number of benzene rings is 1. The summed E-state index contributed by atoms with van der Waals surface area (Å²) < 4.78 is 0. The van der Waals surface area contributed by atoms with Crippen molar-refractivity contribution in [2.75, 3.05) is 18.5 Å².